The highest BCUT2D eigenvalue weighted by Crippen LogP contribution is 2.45. The fourth-order valence-corrected chi connectivity index (χ4v) is 4.93. The Kier molecular flexibility index (Phi) is 3.54. The maximum absolute atomic E-state index is 13.0. The van der Waals surface area contributed by atoms with Gasteiger partial charge in [0.15, 0.2) is 0 Å². The first kappa shape index (κ1) is 16.0. The molecule has 0 radical (unpaired) electrons. The molecule has 2 fully saturated rings. The van der Waals surface area contributed by atoms with E-state index in [2.05, 4.69) is 5.32 Å². The molecule has 0 aliphatic carbocycles. The van der Waals surface area contributed by atoms with Crippen molar-refractivity contribution < 1.29 is 24.1 Å². The number of quaternary nitrogens is 1. The summed E-state index contributed by atoms with van der Waals surface area (Å²) in [5.41, 5.74) is 0.281. The normalized spacial score (nSPS) is 32.4. The molecule has 2 saturated heterocycles. The molecule has 3 aliphatic heterocycles. The molecule has 1 unspecified atom stereocenters. The number of hydrogen-bond acceptors (Lipinski definition) is 5. The molecule has 1 aromatic carbocycles. The summed E-state index contributed by atoms with van der Waals surface area (Å²) in [4.78, 5) is 37.2. The Hall–Kier alpha value is -2.48. The molecule has 25 heavy (non-hydrogen) atoms. The Balaban J connectivity index is 1.82. The largest absolute Gasteiger partial charge is 0.466 e. The summed E-state index contributed by atoms with van der Waals surface area (Å²) in [5, 5.41) is 14.1. The van der Waals surface area contributed by atoms with E-state index < -0.39 is 10.5 Å². The Morgan fingerprint density at radius 3 is 3.04 bits per heavy atom. The first-order valence-corrected chi connectivity index (χ1v) is 8.62. The van der Waals surface area contributed by atoms with E-state index >= 15 is 0 Å². The molecule has 4 rings (SSSR count). The van der Waals surface area contributed by atoms with Crippen molar-refractivity contribution >= 4 is 23.3 Å². The van der Waals surface area contributed by atoms with Crippen molar-refractivity contribution in [2.45, 2.75) is 37.8 Å². The van der Waals surface area contributed by atoms with Crippen LogP contribution in [0.25, 0.3) is 0 Å². The summed E-state index contributed by atoms with van der Waals surface area (Å²) in [6.07, 6.45) is 2.12. The monoisotopic (exact) mass is 346 g/mol. The van der Waals surface area contributed by atoms with Crippen LogP contribution in [-0.4, -0.2) is 36.0 Å². The third kappa shape index (κ3) is 2.10. The van der Waals surface area contributed by atoms with E-state index in [-0.39, 0.29) is 29.5 Å². The van der Waals surface area contributed by atoms with Crippen molar-refractivity contribution in [1.29, 1.82) is 0 Å². The molecule has 0 aromatic heterocycles. The standard InChI is InChI=1S/C17H19N3O5/c1-2-25-15(21)11-9-17(19-7-3-4-14(11)19)12-8-10(20(23)24)5-6-13(12)18-16(17)22/h5-6,8,11,14H,2-4,7,9H2,1H3,(H,18,22)/p+1/t11-,14+,17+/m0/s1. The maximum Gasteiger partial charge on any atom is 0.315 e. The van der Waals surface area contributed by atoms with Crippen LogP contribution in [0, 0.1) is 16.0 Å². The molecule has 0 bridgehead atoms. The number of carbonyl (C=O) groups excluding carboxylic acids is 2. The van der Waals surface area contributed by atoms with Crippen LogP contribution in [0.2, 0.25) is 0 Å². The van der Waals surface area contributed by atoms with Gasteiger partial charge in [0.2, 0.25) is 5.54 Å². The Labute approximate surface area is 144 Å². The van der Waals surface area contributed by atoms with Crippen LogP contribution in [0.4, 0.5) is 11.4 Å². The zero-order chi connectivity index (χ0) is 17.8. The van der Waals surface area contributed by atoms with Gasteiger partial charge in [-0.3, -0.25) is 19.7 Å². The lowest BCUT2D eigenvalue weighted by atomic mass is 9.84. The Bertz CT molecular complexity index is 780. The number of hydrogen-bond donors (Lipinski definition) is 2. The molecule has 3 aliphatic rings. The summed E-state index contributed by atoms with van der Waals surface area (Å²) in [5.74, 6) is -0.791. The first-order chi connectivity index (χ1) is 12.0. The molecular formula is C17H20N3O5+. The topological polar surface area (TPSA) is 103 Å². The fraction of sp³-hybridized carbons (Fsp3) is 0.529. The van der Waals surface area contributed by atoms with Gasteiger partial charge >= 0.3 is 5.97 Å². The van der Waals surface area contributed by atoms with Crippen LogP contribution in [0.5, 0.6) is 0 Å². The van der Waals surface area contributed by atoms with Gasteiger partial charge in [-0.05, 0) is 13.0 Å². The minimum atomic E-state index is -0.931. The molecule has 1 amide bonds. The highest BCUT2D eigenvalue weighted by molar-refractivity contribution is 6.05. The van der Waals surface area contributed by atoms with Gasteiger partial charge < -0.3 is 15.0 Å². The zero-order valence-corrected chi connectivity index (χ0v) is 13.9. The van der Waals surface area contributed by atoms with Gasteiger partial charge in [-0.15, -0.1) is 0 Å². The SMILES string of the molecule is CCOC(=O)[C@H]1C[C@@]2(C(=O)Nc3ccc([N+](=O)[O-])cc32)[NH+]2CCC[C@H]12. The molecular weight excluding hydrogens is 326 g/mol. The first-order valence-electron chi connectivity index (χ1n) is 8.62. The third-order valence-electron chi connectivity index (χ3n) is 5.87. The summed E-state index contributed by atoms with van der Waals surface area (Å²) in [6.45, 7) is 2.84. The van der Waals surface area contributed by atoms with Crippen LogP contribution in [-0.2, 0) is 19.9 Å². The number of non-ortho nitro benzene ring substituents is 1. The average molecular weight is 346 g/mol. The number of amides is 1. The van der Waals surface area contributed by atoms with Gasteiger partial charge in [0, 0.05) is 31.4 Å². The predicted molar refractivity (Wildman–Crippen MR) is 87.0 cm³/mol. The van der Waals surface area contributed by atoms with Crippen molar-refractivity contribution in [3.63, 3.8) is 0 Å². The van der Waals surface area contributed by atoms with Gasteiger partial charge in [0.1, 0.15) is 12.0 Å². The number of esters is 1. The number of nitrogens with one attached hydrogen (secondary N) is 2. The molecule has 8 nitrogen and oxygen atoms in total. The highest BCUT2D eigenvalue weighted by atomic mass is 16.6. The number of anilines is 1. The van der Waals surface area contributed by atoms with Crippen LogP contribution in [0.1, 0.15) is 31.7 Å². The van der Waals surface area contributed by atoms with Gasteiger partial charge in [-0.1, -0.05) is 0 Å². The van der Waals surface area contributed by atoms with Crippen molar-refractivity contribution in [2.24, 2.45) is 5.92 Å². The number of rotatable bonds is 3. The molecule has 132 valence electrons. The maximum atomic E-state index is 13.0. The lowest BCUT2D eigenvalue weighted by Crippen LogP contribution is -3.19. The molecule has 3 heterocycles. The second kappa shape index (κ2) is 5.52. The molecule has 1 spiro atoms. The van der Waals surface area contributed by atoms with Crippen LogP contribution in [0.15, 0.2) is 18.2 Å². The van der Waals surface area contributed by atoms with Gasteiger partial charge in [0.05, 0.1) is 29.3 Å². The van der Waals surface area contributed by atoms with Crippen molar-refractivity contribution in [3.8, 4) is 0 Å². The molecule has 8 heteroatoms. The molecule has 1 aromatic rings. The number of benzene rings is 1. The van der Waals surface area contributed by atoms with E-state index in [0.717, 1.165) is 24.3 Å². The lowest BCUT2D eigenvalue weighted by molar-refractivity contribution is -0.947. The van der Waals surface area contributed by atoms with Crippen molar-refractivity contribution in [1.82, 2.24) is 0 Å². The quantitative estimate of drug-likeness (QED) is 0.468. The van der Waals surface area contributed by atoms with Crippen LogP contribution in [0.3, 0.4) is 0 Å². The second-order valence-electron chi connectivity index (χ2n) is 6.93. The highest BCUT2D eigenvalue weighted by Gasteiger charge is 2.67. The van der Waals surface area contributed by atoms with E-state index in [1.165, 1.54) is 12.1 Å². The van der Waals surface area contributed by atoms with Gasteiger partial charge in [-0.25, -0.2) is 0 Å². The summed E-state index contributed by atoms with van der Waals surface area (Å²) >= 11 is 0. The van der Waals surface area contributed by atoms with Crippen LogP contribution >= 0.6 is 0 Å². The van der Waals surface area contributed by atoms with Crippen molar-refractivity contribution in [2.75, 3.05) is 18.5 Å². The predicted octanol–water partition coefficient (Wildman–Crippen LogP) is 0.373. The lowest BCUT2D eigenvalue weighted by Gasteiger charge is -2.29. The van der Waals surface area contributed by atoms with E-state index in [1.54, 1.807) is 13.0 Å². The van der Waals surface area contributed by atoms with E-state index in [0.29, 0.717) is 24.3 Å². The number of nitro benzene ring substituents is 1. The summed E-state index contributed by atoms with van der Waals surface area (Å²) < 4.78 is 5.23. The average Bonchev–Trinajstić information content (AvgIpc) is 3.23. The fourth-order valence-electron chi connectivity index (χ4n) is 4.93. The molecule has 4 atom stereocenters. The summed E-state index contributed by atoms with van der Waals surface area (Å²) in [7, 11) is 0. The Morgan fingerprint density at radius 2 is 2.32 bits per heavy atom. The van der Waals surface area contributed by atoms with E-state index in [9.17, 15) is 19.7 Å². The minimum absolute atomic E-state index is 0.0232. The number of nitrogens with zero attached hydrogens (tertiary/aromatic N) is 1. The second-order valence-corrected chi connectivity index (χ2v) is 6.93. The Morgan fingerprint density at radius 1 is 1.52 bits per heavy atom. The number of carbonyl (C=O) groups is 2. The van der Waals surface area contributed by atoms with E-state index in [4.69, 9.17) is 4.74 Å². The molecule has 2 N–H and O–H groups in total. The van der Waals surface area contributed by atoms with Gasteiger partial charge in [-0.2, -0.15) is 0 Å². The smallest absolute Gasteiger partial charge is 0.315 e. The zero-order valence-electron chi connectivity index (χ0n) is 13.9. The summed E-state index contributed by atoms with van der Waals surface area (Å²) in [6, 6.07) is 4.49. The van der Waals surface area contributed by atoms with E-state index in [1.807, 2.05) is 0 Å². The van der Waals surface area contributed by atoms with Gasteiger partial charge in [0.25, 0.3) is 11.6 Å². The third-order valence-corrected chi connectivity index (χ3v) is 5.87. The number of fused-ring (bicyclic) bond motifs is 4. The van der Waals surface area contributed by atoms with Crippen molar-refractivity contribution in [3.05, 3.63) is 33.9 Å². The number of ether oxygens (including phenoxy) is 1. The molecule has 0 saturated carbocycles. The minimum Gasteiger partial charge on any atom is -0.466 e. The number of nitro groups is 1. The van der Waals surface area contributed by atoms with Crippen LogP contribution < -0.4 is 10.2 Å².